The summed E-state index contributed by atoms with van der Waals surface area (Å²) in [6, 6.07) is 4.40. The normalized spacial score (nSPS) is 19.6. The fourth-order valence-electron chi connectivity index (χ4n) is 2.97. The molecule has 1 aliphatic rings. The van der Waals surface area contributed by atoms with Crippen molar-refractivity contribution in [2.24, 2.45) is 5.92 Å². The van der Waals surface area contributed by atoms with Crippen molar-refractivity contribution < 1.29 is 15.0 Å². The molecule has 2 rings (SSSR count). The van der Waals surface area contributed by atoms with Gasteiger partial charge in [-0.2, -0.15) is 0 Å². The van der Waals surface area contributed by atoms with Gasteiger partial charge in [0.25, 0.3) is 5.91 Å². The zero-order valence-corrected chi connectivity index (χ0v) is 12.0. The fraction of sp³-hybridized carbons (Fsp3) is 0.562. The third-order valence-electron chi connectivity index (χ3n) is 4.07. The molecule has 1 aromatic carbocycles. The lowest BCUT2D eigenvalue weighted by Gasteiger charge is -2.21. The van der Waals surface area contributed by atoms with Crippen LogP contribution in [-0.4, -0.2) is 34.1 Å². The molecule has 0 spiro atoms. The summed E-state index contributed by atoms with van der Waals surface area (Å²) in [4.78, 5) is 14.2. The fourth-order valence-corrected chi connectivity index (χ4v) is 2.97. The molecule has 2 N–H and O–H groups in total. The molecule has 0 saturated carbocycles. The number of likely N-dealkylation sites (tertiary alicyclic amines) is 1. The molecule has 1 amide bonds. The van der Waals surface area contributed by atoms with E-state index in [1.54, 1.807) is 4.90 Å². The predicted octanol–water partition coefficient (Wildman–Crippen LogP) is 3.14. The van der Waals surface area contributed by atoms with E-state index in [0.717, 1.165) is 19.3 Å². The van der Waals surface area contributed by atoms with Gasteiger partial charge in [-0.25, -0.2) is 0 Å². The molecule has 0 aromatic heterocycles. The Morgan fingerprint density at radius 2 is 1.95 bits per heavy atom. The maximum Gasteiger partial charge on any atom is 0.261 e. The first-order chi connectivity index (χ1) is 9.63. The number of hydrogen-bond acceptors (Lipinski definition) is 3. The van der Waals surface area contributed by atoms with Gasteiger partial charge < -0.3 is 15.1 Å². The molecule has 0 bridgehead atoms. The van der Waals surface area contributed by atoms with Crippen molar-refractivity contribution in [3.63, 3.8) is 0 Å². The Kier molecular flexibility index (Phi) is 4.88. The first-order valence-corrected chi connectivity index (χ1v) is 7.43. The SMILES string of the molecule is CCCC1CCCN(C(=O)c2c(O)cccc2O)CC1. The largest absolute Gasteiger partial charge is 0.507 e. The number of carbonyl (C=O) groups excluding carboxylic acids is 1. The number of rotatable bonds is 3. The van der Waals surface area contributed by atoms with E-state index in [2.05, 4.69) is 6.92 Å². The van der Waals surface area contributed by atoms with E-state index in [4.69, 9.17) is 0 Å². The Balaban J connectivity index is 2.10. The lowest BCUT2D eigenvalue weighted by atomic mass is 9.96. The van der Waals surface area contributed by atoms with Gasteiger partial charge in [0.2, 0.25) is 0 Å². The molecule has 110 valence electrons. The van der Waals surface area contributed by atoms with Crippen molar-refractivity contribution in [1.29, 1.82) is 0 Å². The maximum absolute atomic E-state index is 12.5. The molecule has 1 saturated heterocycles. The molecule has 0 radical (unpaired) electrons. The van der Waals surface area contributed by atoms with Crippen molar-refractivity contribution in [3.8, 4) is 11.5 Å². The van der Waals surface area contributed by atoms with Crippen LogP contribution in [-0.2, 0) is 0 Å². The smallest absolute Gasteiger partial charge is 0.261 e. The first kappa shape index (κ1) is 14.7. The van der Waals surface area contributed by atoms with Gasteiger partial charge in [-0.1, -0.05) is 25.8 Å². The lowest BCUT2D eigenvalue weighted by Crippen LogP contribution is -2.32. The molecule has 1 atom stereocenters. The van der Waals surface area contributed by atoms with Crippen LogP contribution >= 0.6 is 0 Å². The van der Waals surface area contributed by atoms with Gasteiger partial charge in [0.1, 0.15) is 17.1 Å². The highest BCUT2D eigenvalue weighted by Gasteiger charge is 2.25. The monoisotopic (exact) mass is 277 g/mol. The molecule has 1 unspecified atom stereocenters. The standard InChI is InChI=1S/C16H23NO3/c1-2-5-12-6-4-10-17(11-9-12)16(20)15-13(18)7-3-8-14(15)19/h3,7-8,12,18-19H,2,4-6,9-11H2,1H3. The summed E-state index contributed by atoms with van der Waals surface area (Å²) in [5.41, 5.74) is 0.0291. The van der Waals surface area contributed by atoms with Crippen LogP contribution in [0.2, 0.25) is 0 Å². The lowest BCUT2D eigenvalue weighted by molar-refractivity contribution is 0.0753. The zero-order valence-electron chi connectivity index (χ0n) is 12.0. The van der Waals surface area contributed by atoms with Crippen LogP contribution in [0.15, 0.2) is 18.2 Å². The summed E-state index contributed by atoms with van der Waals surface area (Å²) in [5.74, 6) is 0.127. The number of phenols is 2. The van der Waals surface area contributed by atoms with Crippen LogP contribution in [0.3, 0.4) is 0 Å². The van der Waals surface area contributed by atoms with Crippen molar-refractivity contribution in [2.45, 2.75) is 39.0 Å². The van der Waals surface area contributed by atoms with E-state index >= 15 is 0 Å². The van der Waals surface area contributed by atoms with Crippen LogP contribution < -0.4 is 0 Å². The first-order valence-electron chi connectivity index (χ1n) is 7.43. The highest BCUT2D eigenvalue weighted by atomic mass is 16.3. The summed E-state index contributed by atoms with van der Waals surface area (Å²) in [5, 5.41) is 19.6. The minimum absolute atomic E-state index is 0.0291. The van der Waals surface area contributed by atoms with Crippen LogP contribution in [0.5, 0.6) is 11.5 Å². The van der Waals surface area contributed by atoms with Gasteiger partial charge in [-0.3, -0.25) is 4.79 Å². The number of amides is 1. The summed E-state index contributed by atoms with van der Waals surface area (Å²) >= 11 is 0. The second-order valence-corrected chi connectivity index (χ2v) is 5.55. The van der Waals surface area contributed by atoms with Crippen LogP contribution in [0.1, 0.15) is 49.4 Å². The van der Waals surface area contributed by atoms with Crippen LogP contribution in [0, 0.1) is 5.92 Å². The van der Waals surface area contributed by atoms with Gasteiger partial charge in [0.05, 0.1) is 0 Å². The Morgan fingerprint density at radius 1 is 1.25 bits per heavy atom. The molecular weight excluding hydrogens is 254 g/mol. The number of aromatic hydroxyl groups is 2. The molecule has 0 aliphatic carbocycles. The van der Waals surface area contributed by atoms with Crippen LogP contribution in [0.4, 0.5) is 0 Å². The molecule has 1 fully saturated rings. The Hall–Kier alpha value is -1.71. The highest BCUT2D eigenvalue weighted by molar-refractivity contribution is 5.99. The average Bonchev–Trinajstić information content (AvgIpc) is 2.64. The van der Waals surface area contributed by atoms with Gasteiger partial charge in [0, 0.05) is 13.1 Å². The molecule has 4 heteroatoms. The van der Waals surface area contributed by atoms with E-state index in [1.807, 2.05) is 0 Å². The molecule has 20 heavy (non-hydrogen) atoms. The van der Waals surface area contributed by atoms with Crippen LogP contribution in [0.25, 0.3) is 0 Å². The molecule has 1 aromatic rings. The second kappa shape index (κ2) is 6.64. The molecule has 1 heterocycles. The van der Waals surface area contributed by atoms with Crippen molar-refractivity contribution in [1.82, 2.24) is 4.90 Å². The topological polar surface area (TPSA) is 60.8 Å². The van der Waals surface area contributed by atoms with E-state index < -0.39 is 0 Å². The third-order valence-corrected chi connectivity index (χ3v) is 4.07. The summed E-state index contributed by atoms with van der Waals surface area (Å²) < 4.78 is 0. The number of phenolic OH excluding ortho intramolecular Hbond substituents is 2. The van der Waals surface area contributed by atoms with Gasteiger partial charge in [-0.15, -0.1) is 0 Å². The Morgan fingerprint density at radius 3 is 2.60 bits per heavy atom. The summed E-state index contributed by atoms with van der Waals surface area (Å²) in [6.45, 7) is 3.60. The Bertz CT molecular complexity index is 453. The highest BCUT2D eigenvalue weighted by Crippen LogP contribution is 2.29. The number of hydrogen-bond donors (Lipinski definition) is 2. The predicted molar refractivity (Wildman–Crippen MR) is 77.9 cm³/mol. The third kappa shape index (κ3) is 3.24. The maximum atomic E-state index is 12.5. The van der Waals surface area contributed by atoms with E-state index in [1.165, 1.54) is 31.0 Å². The minimum atomic E-state index is -0.266. The second-order valence-electron chi connectivity index (χ2n) is 5.55. The van der Waals surface area contributed by atoms with Crippen molar-refractivity contribution in [3.05, 3.63) is 23.8 Å². The van der Waals surface area contributed by atoms with E-state index in [-0.39, 0.29) is 23.0 Å². The van der Waals surface area contributed by atoms with Crippen molar-refractivity contribution in [2.75, 3.05) is 13.1 Å². The van der Waals surface area contributed by atoms with Gasteiger partial charge >= 0.3 is 0 Å². The quantitative estimate of drug-likeness (QED) is 0.892. The molecule has 1 aliphatic heterocycles. The minimum Gasteiger partial charge on any atom is -0.507 e. The van der Waals surface area contributed by atoms with E-state index in [9.17, 15) is 15.0 Å². The number of benzene rings is 1. The summed E-state index contributed by atoms with van der Waals surface area (Å²) in [7, 11) is 0. The van der Waals surface area contributed by atoms with Gasteiger partial charge in [-0.05, 0) is 37.3 Å². The average molecular weight is 277 g/mol. The molecule has 4 nitrogen and oxygen atoms in total. The number of carbonyl (C=O) groups is 1. The van der Waals surface area contributed by atoms with Crippen molar-refractivity contribution >= 4 is 5.91 Å². The summed E-state index contributed by atoms with van der Waals surface area (Å²) in [6.07, 6.45) is 5.55. The zero-order chi connectivity index (χ0) is 14.5. The Labute approximate surface area is 120 Å². The van der Waals surface area contributed by atoms with Gasteiger partial charge in [0.15, 0.2) is 0 Å². The number of nitrogens with zero attached hydrogens (tertiary/aromatic N) is 1. The molecular formula is C16H23NO3. The van der Waals surface area contributed by atoms with E-state index in [0.29, 0.717) is 19.0 Å².